The van der Waals surface area contributed by atoms with Crippen LogP contribution in [-0.2, 0) is 0 Å². The number of thiophene rings is 6. The molecule has 0 saturated heterocycles. The molecular formula is C78H112N2O4S6Si2. The Balaban J connectivity index is 1.12. The molecule has 0 fully saturated rings. The summed E-state index contributed by atoms with van der Waals surface area (Å²) in [5.41, 5.74) is 2.59. The van der Waals surface area contributed by atoms with Gasteiger partial charge in [-0.15, -0.1) is 68.0 Å². The van der Waals surface area contributed by atoms with Crippen LogP contribution in [0.4, 0.5) is 0 Å². The molecule has 6 aromatic rings. The van der Waals surface area contributed by atoms with E-state index in [0.29, 0.717) is 47.2 Å². The van der Waals surface area contributed by atoms with Crippen LogP contribution in [0.2, 0.25) is 24.2 Å². The molecule has 10 heterocycles. The summed E-state index contributed by atoms with van der Waals surface area (Å²) >= 11 is 11.1. The molecule has 92 heavy (non-hydrogen) atoms. The summed E-state index contributed by atoms with van der Waals surface area (Å²) in [6, 6.07) is 15.3. The van der Waals surface area contributed by atoms with Gasteiger partial charge >= 0.3 is 0 Å². The standard InChI is InChI=1S/C78H112N2O4S6Si2/c1-11-19-25-29-33-37-43-79-75(81)64-54(10)86-68(65(64)76(79)82)57-49-62-73(87-57)74-63(92(62,51-55(17-7)41-23-15-5)52-56(18-8)42-24-16-6)50-59(89-74)70-67-66(77(83)80(78(67)84)44-38-34-30-26-20-12-2)69(90-70)58-48-61-72(88-58)71-60(47-53(9)85-71)91(61,45-39-35-31-27-21-13-3)46-40-36-32-28-22-14-4/h47-50,55-56H,11-46,51-52H2,1-10H3. The fourth-order valence-corrected chi connectivity index (χ4v) is 39.0. The van der Waals surface area contributed by atoms with Crippen LogP contribution in [0.25, 0.3) is 48.8 Å². The van der Waals surface area contributed by atoms with Gasteiger partial charge in [-0.1, -0.05) is 248 Å². The average molecular weight is 1390 g/mol. The van der Waals surface area contributed by atoms with Crippen molar-refractivity contribution in [3.8, 4) is 48.8 Å². The van der Waals surface area contributed by atoms with Crippen LogP contribution in [-0.4, -0.2) is 62.7 Å². The Morgan fingerprint density at radius 3 is 1.07 bits per heavy atom. The molecule has 0 aromatic carbocycles. The van der Waals surface area contributed by atoms with Gasteiger partial charge in [-0.2, -0.15) is 0 Å². The van der Waals surface area contributed by atoms with Crippen LogP contribution in [0, 0.1) is 25.7 Å². The highest BCUT2D eigenvalue weighted by Gasteiger charge is 2.53. The number of amides is 4. The number of hydrogen-bond acceptors (Lipinski definition) is 10. The van der Waals surface area contributed by atoms with Gasteiger partial charge in [0.25, 0.3) is 23.6 Å². The zero-order chi connectivity index (χ0) is 65.1. The van der Waals surface area contributed by atoms with Gasteiger partial charge < -0.3 is 0 Å². The summed E-state index contributed by atoms with van der Waals surface area (Å²) < 4.78 is 0. The van der Waals surface area contributed by atoms with Gasteiger partial charge in [0.1, 0.15) is 16.1 Å². The molecule has 0 aliphatic carbocycles. The molecule has 14 heteroatoms. The van der Waals surface area contributed by atoms with Crippen LogP contribution in [0.15, 0.2) is 24.3 Å². The van der Waals surface area contributed by atoms with E-state index in [1.54, 1.807) is 53.2 Å². The molecule has 0 N–H and O–H groups in total. The topological polar surface area (TPSA) is 74.8 Å². The maximum Gasteiger partial charge on any atom is 0.263 e. The van der Waals surface area contributed by atoms with E-state index in [2.05, 4.69) is 93.5 Å². The van der Waals surface area contributed by atoms with Crippen LogP contribution in [0.1, 0.15) is 312 Å². The molecule has 2 unspecified atom stereocenters. The van der Waals surface area contributed by atoms with Gasteiger partial charge in [0, 0.05) is 57.0 Å². The molecule has 10 rings (SSSR count). The largest absolute Gasteiger partial charge is 0.274 e. The van der Waals surface area contributed by atoms with Crippen LogP contribution >= 0.6 is 68.0 Å². The van der Waals surface area contributed by atoms with Gasteiger partial charge in [-0.25, -0.2) is 0 Å². The van der Waals surface area contributed by atoms with Crippen molar-refractivity contribution in [3.05, 3.63) is 56.3 Å². The number of carbonyl (C=O) groups is 4. The highest BCUT2D eigenvalue weighted by Crippen LogP contribution is 2.56. The predicted octanol–water partition coefficient (Wildman–Crippen LogP) is 23.8. The number of rotatable bonds is 43. The van der Waals surface area contributed by atoms with E-state index in [1.807, 2.05) is 45.3 Å². The average Bonchev–Trinajstić information content (AvgIpc) is 1.54. The lowest BCUT2D eigenvalue weighted by molar-refractivity contribution is 0.0636. The lowest BCUT2D eigenvalue weighted by Gasteiger charge is -2.35. The molecule has 0 saturated carbocycles. The summed E-state index contributed by atoms with van der Waals surface area (Å²) in [5.74, 6) is 0.768. The Bertz CT molecular complexity index is 3440. The first-order valence-corrected chi connectivity index (χ1v) is 47.1. The summed E-state index contributed by atoms with van der Waals surface area (Å²) in [4.78, 5) is 78.1. The Kier molecular flexibility index (Phi) is 26.1. The molecule has 2 atom stereocenters. The Hall–Kier alpha value is -3.09. The van der Waals surface area contributed by atoms with Crippen molar-refractivity contribution >= 4 is 129 Å². The number of nitrogens with zero attached hydrogens (tertiary/aromatic N) is 2. The highest BCUT2D eigenvalue weighted by atomic mass is 32.1. The molecule has 4 aliphatic rings. The molecule has 4 aliphatic heterocycles. The smallest absolute Gasteiger partial charge is 0.263 e. The van der Waals surface area contributed by atoms with E-state index >= 15 is 9.59 Å². The van der Waals surface area contributed by atoms with Crippen molar-refractivity contribution in [2.45, 2.75) is 299 Å². The molecule has 6 nitrogen and oxygen atoms in total. The van der Waals surface area contributed by atoms with E-state index in [0.717, 1.165) is 80.6 Å². The van der Waals surface area contributed by atoms with E-state index in [1.165, 1.54) is 208 Å². The number of hydrogen-bond donors (Lipinski definition) is 0. The Labute approximate surface area is 581 Å². The fourth-order valence-electron chi connectivity index (χ4n) is 16.5. The summed E-state index contributed by atoms with van der Waals surface area (Å²) in [6.45, 7) is 24.0. The van der Waals surface area contributed by atoms with Crippen molar-refractivity contribution in [3.63, 3.8) is 0 Å². The van der Waals surface area contributed by atoms with Crippen LogP contribution in [0.5, 0.6) is 0 Å². The molecule has 0 radical (unpaired) electrons. The zero-order valence-corrected chi connectivity index (χ0v) is 65.2. The minimum absolute atomic E-state index is 0.0845. The second-order valence-corrected chi connectivity index (χ2v) is 43.4. The quantitative estimate of drug-likeness (QED) is 0.0217. The first-order valence-electron chi connectivity index (χ1n) is 37.4. The fraction of sp³-hybridized carbons (Fsp3) is 0.641. The number of imide groups is 2. The van der Waals surface area contributed by atoms with Crippen LogP contribution in [0.3, 0.4) is 0 Å². The van der Waals surface area contributed by atoms with Crippen molar-refractivity contribution in [1.29, 1.82) is 0 Å². The SMILES string of the molecule is CCCCCCCCN1C(=O)c2c(C)sc(-c3cc4c(s3)-c3sc(-c5sc(-c6cc7c(s6)-c6sc(C)cc6[Si]7(CCCCCCCC)CCCCCCCC)c6c5C(=O)N(CCCCCCCC)C6=O)cc3[Si]4(CC(CC)CCCC)CC(CC)CCCC)c2C1=O. The maximum atomic E-state index is 15.6. The van der Waals surface area contributed by atoms with E-state index < -0.39 is 16.1 Å². The van der Waals surface area contributed by atoms with Gasteiger partial charge in [0.05, 0.1) is 36.9 Å². The number of unbranched alkanes of at least 4 members (excludes halogenated alkanes) is 22. The van der Waals surface area contributed by atoms with Gasteiger partial charge in [-0.05, 0) is 108 Å². The van der Waals surface area contributed by atoms with Crippen molar-refractivity contribution in [2.75, 3.05) is 13.1 Å². The predicted molar refractivity (Wildman–Crippen MR) is 410 cm³/mol. The third-order valence-corrected chi connectivity index (χ3v) is 40.8. The van der Waals surface area contributed by atoms with Crippen LogP contribution < -0.4 is 20.7 Å². The Morgan fingerprint density at radius 1 is 0.337 bits per heavy atom. The Morgan fingerprint density at radius 2 is 0.663 bits per heavy atom. The van der Waals surface area contributed by atoms with Gasteiger partial charge in [-0.3, -0.25) is 29.0 Å². The van der Waals surface area contributed by atoms with Crippen molar-refractivity contribution < 1.29 is 19.2 Å². The number of fused-ring (bicyclic) bond motifs is 8. The minimum Gasteiger partial charge on any atom is -0.274 e. The van der Waals surface area contributed by atoms with E-state index in [4.69, 9.17) is 0 Å². The lowest BCUT2D eigenvalue weighted by atomic mass is 10.0. The zero-order valence-electron chi connectivity index (χ0n) is 58.3. The van der Waals surface area contributed by atoms with E-state index in [-0.39, 0.29) is 23.6 Å². The maximum absolute atomic E-state index is 15.6. The normalized spacial score (nSPS) is 16.8. The lowest BCUT2D eigenvalue weighted by Crippen LogP contribution is -2.56. The molecule has 4 amide bonds. The number of carbonyl (C=O) groups excluding carboxylic acids is 4. The summed E-state index contributed by atoms with van der Waals surface area (Å²) in [7, 11) is -4.77. The monoisotopic (exact) mass is 1390 g/mol. The molecule has 0 spiro atoms. The minimum atomic E-state index is -2.60. The second-order valence-electron chi connectivity index (χ2n) is 28.4. The molecule has 0 bridgehead atoms. The van der Waals surface area contributed by atoms with Crippen molar-refractivity contribution in [2.24, 2.45) is 11.8 Å². The summed E-state index contributed by atoms with van der Waals surface area (Å²) in [5, 5.41) is 6.43. The third-order valence-electron chi connectivity index (χ3n) is 21.8. The summed E-state index contributed by atoms with van der Waals surface area (Å²) in [6.07, 6.45) is 38.4. The van der Waals surface area contributed by atoms with E-state index in [9.17, 15) is 9.59 Å². The second kappa shape index (κ2) is 33.4. The van der Waals surface area contributed by atoms with Gasteiger partial charge in [0.2, 0.25) is 0 Å². The van der Waals surface area contributed by atoms with Gasteiger partial charge in [0.15, 0.2) is 0 Å². The molecular weight excluding hydrogens is 1280 g/mol. The molecule has 502 valence electrons. The number of aryl methyl sites for hydroxylation is 2. The van der Waals surface area contributed by atoms with Crippen molar-refractivity contribution in [1.82, 2.24) is 9.80 Å². The third kappa shape index (κ3) is 14.7. The first-order chi connectivity index (χ1) is 44.8. The first kappa shape index (κ1) is 71.7. The molecule has 6 aromatic heterocycles. The highest BCUT2D eigenvalue weighted by molar-refractivity contribution is 7.35.